The van der Waals surface area contributed by atoms with Crippen LogP contribution in [0.1, 0.15) is 26.3 Å². The van der Waals surface area contributed by atoms with Gasteiger partial charge in [-0.05, 0) is 55.0 Å². The van der Waals surface area contributed by atoms with E-state index in [1.165, 1.54) is 0 Å². The standard InChI is InChI=1S/C21H16N2O3/c1-13-7-9-19-17(11-13)23-21(25)16-12-15(8-10-18(16)26-19)22-20(24)14-5-3-2-4-6-14/h2-12H,1H3,(H,22,24)(H,23,25). The molecule has 3 aromatic rings. The predicted molar refractivity (Wildman–Crippen MR) is 100 cm³/mol. The van der Waals surface area contributed by atoms with Gasteiger partial charge in [0.25, 0.3) is 11.8 Å². The van der Waals surface area contributed by atoms with Gasteiger partial charge in [-0.1, -0.05) is 24.3 Å². The van der Waals surface area contributed by atoms with E-state index in [1.54, 1.807) is 42.5 Å². The second-order valence-electron chi connectivity index (χ2n) is 6.09. The minimum Gasteiger partial charge on any atom is -0.454 e. The second-order valence-corrected chi connectivity index (χ2v) is 6.09. The summed E-state index contributed by atoms with van der Waals surface area (Å²) < 4.78 is 5.88. The van der Waals surface area contributed by atoms with Gasteiger partial charge in [0.2, 0.25) is 0 Å². The predicted octanol–water partition coefficient (Wildman–Crippen LogP) is 4.61. The van der Waals surface area contributed by atoms with E-state index in [-0.39, 0.29) is 11.8 Å². The molecular formula is C21H16N2O3. The van der Waals surface area contributed by atoms with Gasteiger partial charge in [-0.25, -0.2) is 0 Å². The molecule has 0 spiro atoms. The summed E-state index contributed by atoms with van der Waals surface area (Å²) in [6, 6.07) is 19.5. The molecule has 1 aliphatic rings. The fraction of sp³-hybridized carbons (Fsp3) is 0.0476. The van der Waals surface area contributed by atoms with E-state index in [1.807, 2.05) is 31.2 Å². The van der Waals surface area contributed by atoms with Gasteiger partial charge in [0.05, 0.1) is 11.3 Å². The van der Waals surface area contributed by atoms with Crippen LogP contribution in [-0.4, -0.2) is 11.8 Å². The van der Waals surface area contributed by atoms with E-state index in [0.29, 0.717) is 34.0 Å². The Balaban J connectivity index is 1.64. The highest BCUT2D eigenvalue weighted by atomic mass is 16.5. The van der Waals surface area contributed by atoms with Gasteiger partial charge in [-0.2, -0.15) is 0 Å². The Bertz CT molecular complexity index is 1010. The average molecular weight is 344 g/mol. The Morgan fingerprint density at radius 1 is 0.962 bits per heavy atom. The lowest BCUT2D eigenvalue weighted by molar-refractivity contribution is 0.101. The van der Waals surface area contributed by atoms with Crippen molar-refractivity contribution in [2.45, 2.75) is 6.92 Å². The van der Waals surface area contributed by atoms with E-state index < -0.39 is 0 Å². The molecular weight excluding hydrogens is 328 g/mol. The van der Waals surface area contributed by atoms with Crippen LogP contribution >= 0.6 is 0 Å². The van der Waals surface area contributed by atoms with Gasteiger partial charge in [-0.15, -0.1) is 0 Å². The van der Waals surface area contributed by atoms with E-state index in [9.17, 15) is 9.59 Å². The summed E-state index contributed by atoms with van der Waals surface area (Å²) in [6.07, 6.45) is 0. The molecule has 0 atom stereocenters. The number of aryl methyl sites for hydroxylation is 1. The van der Waals surface area contributed by atoms with Crippen LogP contribution in [0.2, 0.25) is 0 Å². The lowest BCUT2D eigenvalue weighted by Gasteiger charge is -2.10. The first kappa shape index (κ1) is 15.9. The summed E-state index contributed by atoms with van der Waals surface area (Å²) in [5, 5.41) is 5.66. The molecule has 128 valence electrons. The quantitative estimate of drug-likeness (QED) is 0.713. The Morgan fingerprint density at radius 3 is 2.54 bits per heavy atom. The number of anilines is 2. The number of hydrogen-bond acceptors (Lipinski definition) is 3. The van der Waals surface area contributed by atoms with Crippen molar-refractivity contribution in [3.63, 3.8) is 0 Å². The molecule has 4 rings (SSSR count). The van der Waals surface area contributed by atoms with E-state index >= 15 is 0 Å². The lowest BCUT2D eigenvalue weighted by Crippen LogP contribution is -2.14. The Hall–Kier alpha value is -3.60. The Morgan fingerprint density at radius 2 is 1.73 bits per heavy atom. The molecule has 3 aromatic carbocycles. The van der Waals surface area contributed by atoms with Crippen molar-refractivity contribution in [1.82, 2.24) is 0 Å². The van der Waals surface area contributed by atoms with Crippen molar-refractivity contribution in [3.8, 4) is 11.5 Å². The third-order valence-corrected chi connectivity index (χ3v) is 4.12. The molecule has 1 heterocycles. The van der Waals surface area contributed by atoms with Gasteiger partial charge in [0.15, 0.2) is 5.75 Å². The number of nitrogens with one attached hydrogen (secondary N) is 2. The molecule has 0 saturated heterocycles. The molecule has 0 saturated carbocycles. The molecule has 0 bridgehead atoms. The molecule has 5 nitrogen and oxygen atoms in total. The van der Waals surface area contributed by atoms with E-state index in [2.05, 4.69) is 10.6 Å². The maximum atomic E-state index is 12.6. The summed E-state index contributed by atoms with van der Waals surface area (Å²) in [4.78, 5) is 24.9. The molecule has 0 aromatic heterocycles. The maximum absolute atomic E-state index is 12.6. The Kier molecular flexibility index (Phi) is 3.89. The van der Waals surface area contributed by atoms with Crippen molar-refractivity contribution in [2.75, 3.05) is 10.6 Å². The lowest BCUT2D eigenvalue weighted by atomic mass is 10.1. The summed E-state index contributed by atoms with van der Waals surface area (Å²) in [6.45, 7) is 1.95. The van der Waals surface area contributed by atoms with E-state index in [4.69, 9.17) is 4.74 Å². The van der Waals surface area contributed by atoms with Crippen molar-refractivity contribution in [1.29, 1.82) is 0 Å². The number of carbonyl (C=O) groups is 2. The van der Waals surface area contributed by atoms with Crippen molar-refractivity contribution in [3.05, 3.63) is 83.4 Å². The van der Waals surface area contributed by atoms with E-state index in [0.717, 1.165) is 5.56 Å². The van der Waals surface area contributed by atoms with Crippen molar-refractivity contribution < 1.29 is 14.3 Å². The van der Waals surface area contributed by atoms with Crippen molar-refractivity contribution in [2.24, 2.45) is 0 Å². The third kappa shape index (κ3) is 3.02. The molecule has 0 radical (unpaired) electrons. The molecule has 2 N–H and O–H groups in total. The van der Waals surface area contributed by atoms with Crippen LogP contribution in [0, 0.1) is 6.92 Å². The van der Waals surface area contributed by atoms with Crippen LogP contribution in [0.15, 0.2) is 66.7 Å². The highest BCUT2D eigenvalue weighted by Gasteiger charge is 2.21. The molecule has 26 heavy (non-hydrogen) atoms. The molecule has 0 aliphatic carbocycles. The Labute approximate surface area is 150 Å². The first-order valence-corrected chi connectivity index (χ1v) is 8.20. The van der Waals surface area contributed by atoms with Gasteiger partial charge in [-0.3, -0.25) is 9.59 Å². The van der Waals surface area contributed by atoms with Crippen LogP contribution in [0.5, 0.6) is 11.5 Å². The monoisotopic (exact) mass is 344 g/mol. The summed E-state index contributed by atoms with van der Waals surface area (Å²) in [5.74, 6) is 0.520. The SMILES string of the molecule is Cc1ccc2c(c1)NC(=O)c1cc(NC(=O)c3ccccc3)ccc1O2. The first-order valence-electron chi connectivity index (χ1n) is 8.20. The minimum atomic E-state index is -0.278. The van der Waals surface area contributed by atoms with Gasteiger partial charge in [0.1, 0.15) is 5.75 Å². The molecule has 2 amide bonds. The first-order chi connectivity index (χ1) is 12.6. The number of carbonyl (C=O) groups excluding carboxylic acids is 2. The summed E-state index contributed by atoms with van der Waals surface area (Å²) in [5.41, 5.74) is 3.09. The fourth-order valence-corrected chi connectivity index (χ4v) is 2.81. The minimum absolute atomic E-state index is 0.237. The zero-order valence-electron chi connectivity index (χ0n) is 14.1. The number of amides is 2. The highest BCUT2D eigenvalue weighted by molar-refractivity contribution is 6.10. The van der Waals surface area contributed by atoms with Gasteiger partial charge >= 0.3 is 0 Å². The van der Waals surface area contributed by atoms with Gasteiger partial charge < -0.3 is 15.4 Å². The number of benzene rings is 3. The number of rotatable bonds is 2. The summed E-state index contributed by atoms with van der Waals surface area (Å²) >= 11 is 0. The molecule has 0 fully saturated rings. The third-order valence-electron chi connectivity index (χ3n) is 4.12. The maximum Gasteiger partial charge on any atom is 0.259 e. The van der Waals surface area contributed by atoms with Crippen LogP contribution in [-0.2, 0) is 0 Å². The number of ether oxygens (including phenoxy) is 1. The van der Waals surface area contributed by atoms with Crippen LogP contribution in [0.4, 0.5) is 11.4 Å². The molecule has 5 heteroatoms. The fourth-order valence-electron chi connectivity index (χ4n) is 2.81. The second kappa shape index (κ2) is 6.37. The molecule has 1 aliphatic heterocycles. The summed E-state index contributed by atoms with van der Waals surface area (Å²) in [7, 11) is 0. The van der Waals surface area contributed by atoms with Crippen LogP contribution in [0.25, 0.3) is 0 Å². The zero-order valence-corrected chi connectivity index (χ0v) is 14.1. The largest absolute Gasteiger partial charge is 0.454 e. The smallest absolute Gasteiger partial charge is 0.259 e. The number of hydrogen-bond donors (Lipinski definition) is 2. The highest BCUT2D eigenvalue weighted by Crippen LogP contribution is 2.37. The zero-order chi connectivity index (χ0) is 18.1. The van der Waals surface area contributed by atoms with Crippen LogP contribution < -0.4 is 15.4 Å². The topological polar surface area (TPSA) is 67.4 Å². The van der Waals surface area contributed by atoms with Crippen LogP contribution in [0.3, 0.4) is 0 Å². The molecule has 0 unspecified atom stereocenters. The van der Waals surface area contributed by atoms with Crippen molar-refractivity contribution >= 4 is 23.2 Å². The average Bonchev–Trinajstić information content (AvgIpc) is 2.78. The normalized spacial score (nSPS) is 12.1. The number of fused-ring (bicyclic) bond motifs is 2. The van der Waals surface area contributed by atoms with Gasteiger partial charge in [0, 0.05) is 11.3 Å².